The highest BCUT2D eigenvalue weighted by atomic mass is 79.9. The number of nitrogens with zero attached hydrogens (tertiary/aromatic N) is 2. The molecule has 0 fully saturated rings. The molecule has 0 saturated carbocycles. The zero-order valence-corrected chi connectivity index (χ0v) is 10.0. The summed E-state index contributed by atoms with van der Waals surface area (Å²) in [5.74, 6) is 0.548. The molecule has 5 heteroatoms. The van der Waals surface area contributed by atoms with Crippen molar-refractivity contribution in [2.75, 3.05) is 0 Å². The minimum Gasteiger partial charge on any atom is -0.436 e. The van der Waals surface area contributed by atoms with Gasteiger partial charge in [0.25, 0.3) is 0 Å². The lowest BCUT2D eigenvalue weighted by atomic mass is 10.3. The fourth-order valence-electron chi connectivity index (χ4n) is 1.11. The first-order valence-electron chi connectivity index (χ1n) is 4.58. The van der Waals surface area contributed by atoms with E-state index in [2.05, 4.69) is 26.1 Å². The summed E-state index contributed by atoms with van der Waals surface area (Å²) >= 11 is 3.21. The van der Waals surface area contributed by atoms with Crippen molar-refractivity contribution in [3.63, 3.8) is 0 Å². The smallest absolute Gasteiger partial charge is 0.238 e. The van der Waals surface area contributed by atoms with Crippen molar-refractivity contribution >= 4 is 15.9 Å². The SMILES string of the molecule is Cc1ccc(Oc2ccc(F)cc2Br)nn1. The first-order valence-corrected chi connectivity index (χ1v) is 5.38. The molecule has 0 spiro atoms. The molecule has 0 radical (unpaired) electrons. The summed E-state index contributed by atoms with van der Waals surface area (Å²) in [4.78, 5) is 0. The molecule has 2 rings (SSSR count). The zero-order chi connectivity index (χ0) is 11.5. The van der Waals surface area contributed by atoms with Crippen LogP contribution in [0.25, 0.3) is 0 Å². The van der Waals surface area contributed by atoms with Gasteiger partial charge in [-0.2, -0.15) is 5.10 Å². The summed E-state index contributed by atoms with van der Waals surface area (Å²) in [6.45, 7) is 1.84. The van der Waals surface area contributed by atoms with Gasteiger partial charge in [-0.1, -0.05) is 0 Å². The first-order chi connectivity index (χ1) is 7.65. The third-order valence-corrected chi connectivity index (χ3v) is 2.50. The molecule has 0 saturated heterocycles. The molecule has 0 aliphatic heterocycles. The number of halogens is 2. The van der Waals surface area contributed by atoms with Crippen LogP contribution in [0.5, 0.6) is 11.6 Å². The van der Waals surface area contributed by atoms with E-state index in [0.717, 1.165) is 5.69 Å². The topological polar surface area (TPSA) is 35.0 Å². The molecule has 0 unspecified atom stereocenters. The predicted molar refractivity (Wildman–Crippen MR) is 60.9 cm³/mol. The monoisotopic (exact) mass is 282 g/mol. The molecular weight excluding hydrogens is 275 g/mol. The van der Waals surface area contributed by atoms with E-state index in [0.29, 0.717) is 16.1 Å². The highest BCUT2D eigenvalue weighted by molar-refractivity contribution is 9.10. The fourth-order valence-corrected chi connectivity index (χ4v) is 1.54. The maximum absolute atomic E-state index is 12.8. The van der Waals surface area contributed by atoms with Crippen molar-refractivity contribution in [2.24, 2.45) is 0 Å². The second-order valence-corrected chi connectivity index (χ2v) is 4.04. The van der Waals surface area contributed by atoms with Crippen molar-refractivity contribution in [3.05, 3.63) is 46.3 Å². The highest BCUT2D eigenvalue weighted by Crippen LogP contribution is 2.28. The van der Waals surface area contributed by atoms with E-state index < -0.39 is 0 Å². The van der Waals surface area contributed by atoms with E-state index >= 15 is 0 Å². The molecule has 2 aromatic rings. The molecule has 3 nitrogen and oxygen atoms in total. The minimum absolute atomic E-state index is 0.325. The van der Waals surface area contributed by atoms with Crippen LogP contribution in [0.1, 0.15) is 5.69 Å². The Morgan fingerprint density at radius 3 is 2.62 bits per heavy atom. The third kappa shape index (κ3) is 2.55. The number of aryl methyl sites for hydroxylation is 1. The van der Waals surface area contributed by atoms with Crippen LogP contribution in [-0.2, 0) is 0 Å². The van der Waals surface area contributed by atoms with Crippen LogP contribution in [0.4, 0.5) is 4.39 Å². The molecular formula is C11H8BrFN2O. The number of rotatable bonds is 2. The van der Waals surface area contributed by atoms with Crippen molar-refractivity contribution in [1.29, 1.82) is 0 Å². The normalized spacial score (nSPS) is 10.2. The van der Waals surface area contributed by atoms with E-state index in [-0.39, 0.29) is 5.82 Å². The Bertz CT molecular complexity index is 502. The van der Waals surface area contributed by atoms with Gasteiger partial charge in [0, 0.05) is 6.07 Å². The summed E-state index contributed by atoms with van der Waals surface area (Å²) in [6.07, 6.45) is 0. The van der Waals surface area contributed by atoms with Crippen molar-refractivity contribution < 1.29 is 9.13 Å². The van der Waals surface area contributed by atoms with Crippen molar-refractivity contribution in [2.45, 2.75) is 6.92 Å². The summed E-state index contributed by atoms with van der Waals surface area (Å²) in [6, 6.07) is 7.68. The van der Waals surface area contributed by atoms with Crippen molar-refractivity contribution in [1.82, 2.24) is 10.2 Å². The van der Waals surface area contributed by atoms with Gasteiger partial charge in [0.1, 0.15) is 11.6 Å². The summed E-state index contributed by atoms with van der Waals surface area (Å²) < 4.78 is 18.8. The summed E-state index contributed by atoms with van der Waals surface area (Å²) in [5.41, 5.74) is 0.811. The first kappa shape index (κ1) is 11.0. The lowest BCUT2D eigenvalue weighted by molar-refractivity contribution is 0.450. The van der Waals surface area contributed by atoms with E-state index in [1.165, 1.54) is 18.2 Å². The molecule has 0 aliphatic rings. The molecule has 0 amide bonds. The maximum atomic E-state index is 12.8. The number of hydrogen-bond acceptors (Lipinski definition) is 3. The van der Waals surface area contributed by atoms with Crippen LogP contribution < -0.4 is 4.74 Å². The minimum atomic E-state index is -0.325. The second kappa shape index (κ2) is 4.57. The lowest BCUT2D eigenvalue weighted by Gasteiger charge is -2.05. The maximum Gasteiger partial charge on any atom is 0.238 e. The average Bonchev–Trinajstić information content (AvgIpc) is 2.25. The van der Waals surface area contributed by atoms with Crippen LogP contribution in [0, 0.1) is 12.7 Å². The van der Waals surface area contributed by atoms with Gasteiger partial charge in [-0.25, -0.2) is 4.39 Å². The molecule has 0 atom stereocenters. The number of hydrogen-bond donors (Lipinski definition) is 0. The summed E-state index contributed by atoms with van der Waals surface area (Å²) in [7, 11) is 0. The van der Waals surface area contributed by atoms with Crippen LogP contribution in [-0.4, -0.2) is 10.2 Å². The summed E-state index contributed by atoms with van der Waals surface area (Å²) in [5, 5.41) is 7.71. The van der Waals surface area contributed by atoms with Crippen LogP contribution in [0.15, 0.2) is 34.8 Å². The third-order valence-electron chi connectivity index (χ3n) is 1.88. The zero-order valence-electron chi connectivity index (χ0n) is 8.45. The van der Waals surface area contributed by atoms with Gasteiger partial charge in [0.15, 0.2) is 0 Å². The average molecular weight is 283 g/mol. The van der Waals surface area contributed by atoms with E-state index in [4.69, 9.17) is 4.74 Å². The van der Waals surface area contributed by atoms with Crippen LogP contribution >= 0.6 is 15.9 Å². The fraction of sp³-hybridized carbons (Fsp3) is 0.0909. The molecule has 0 aliphatic carbocycles. The Labute approximate surface area is 100 Å². The van der Waals surface area contributed by atoms with Gasteiger partial charge in [-0.15, -0.1) is 5.10 Å². The largest absolute Gasteiger partial charge is 0.436 e. The molecule has 0 bridgehead atoms. The van der Waals surface area contributed by atoms with Gasteiger partial charge in [-0.05, 0) is 47.1 Å². The second-order valence-electron chi connectivity index (χ2n) is 3.19. The van der Waals surface area contributed by atoms with E-state index in [1.54, 1.807) is 12.1 Å². The Morgan fingerprint density at radius 1 is 1.19 bits per heavy atom. The van der Waals surface area contributed by atoms with Gasteiger partial charge >= 0.3 is 0 Å². The van der Waals surface area contributed by atoms with E-state index in [9.17, 15) is 4.39 Å². The Hall–Kier alpha value is -1.49. The van der Waals surface area contributed by atoms with E-state index in [1.807, 2.05) is 6.92 Å². The number of benzene rings is 1. The number of aromatic nitrogens is 2. The molecule has 16 heavy (non-hydrogen) atoms. The molecule has 82 valence electrons. The van der Waals surface area contributed by atoms with Gasteiger partial charge in [0.05, 0.1) is 10.2 Å². The Balaban J connectivity index is 2.23. The Kier molecular flexibility index (Phi) is 3.14. The van der Waals surface area contributed by atoms with Gasteiger partial charge in [-0.3, -0.25) is 0 Å². The highest BCUT2D eigenvalue weighted by Gasteiger charge is 2.05. The standard InChI is InChI=1S/C11H8BrFN2O/c1-7-2-5-11(15-14-7)16-10-4-3-8(13)6-9(10)12/h2-6H,1H3. The molecule has 1 aromatic heterocycles. The number of ether oxygens (including phenoxy) is 1. The van der Waals surface area contributed by atoms with Crippen LogP contribution in [0.2, 0.25) is 0 Å². The Morgan fingerprint density at radius 2 is 2.00 bits per heavy atom. The van der Waals surface area contributed by atoms with Crippen LogP contribution in [0.3, 0.4) is 0 Å². The quantitative estimate of drug-likeness (QED) is 0.846. The van der Waals surface area contributed by atoms with Gasteiger partial charge < -0.3 is 4.74 Å². The molecule has 1 aromatic carbocycles. The predicted octanol–water partition coefficient (Wildman–Crippen LogP) is 3.48. The van der Waals surface area contributed by atoms with Crippen molar-refractivity contribution in [3.8, 4) is 11.6 Å². The molecule has 1 heterocycles. The van der Waals surface area contributed by atoms with Gasteiger partial charge in [0.2, 0.25) is 5.88 Å². The molecule has 0 N–H and O–H groups in total. The lowest BCUT2D eigenvalue weighted by Crippen LogP contribution is -1.92.